The molecule has 2 nitrogen and oxygen atoms in total. The molecular formula is C14H25NOS. The van der Waals surface area contributed by atoms with Crippen LogP contribution in [0.5, 0.6) is 0 Å². The molecule has 2 aliphatic heterocycles. The minimum absolute atomic E-state index is 0.213. The third-order valence-corrected chi connectivity index (χ3v) is 6.26. The molecule has 2 saturated heterocycles. The van der Waals surface area contributed by atoms with Gasteiger partial charge in [-0.2, -0.15) is 11.8 Å². The molecule has 3 unspecified atom stereocenters. The van der Waals surface area contributed by atoms with Crippen molar-refractivity contribution in [3.8, 4) is 0 Å². The second kappa shape index (κ2) is 5.10. The quantitative estimate of drug-likeness (QED) is 0.842. The molecule has 98 valence electrons. The summed E-state index contributed by atoms with van der Waals surface area (Å²) < 4.78 is 6.08. The Labute approximate surface area is 109 Å². The number of nitrogens with two attached hydrogens (primary N) is 1. The van der Waals surface area contributed by atoms with Crippen molar-refractivity contribution in [2.24, 2.45) is 17.6 Å². The smallest absolute Gasteiger partial charge is 0.0783 e. The van der Waals surface area contributed by atoms with Gasteiger partial charge in [-0.25, -0.2) is 0 Å². The van der Waals surface area contributed by atoms with E-state index in [4.69, 9.17) is 10.5 Å². The largest absolute Gasteiger partial charge is 0.374 e. The van der Waals surface area contributed by atoms with Crippen molar-refractivity contribution in [3.05, 3.63) is 0 Å². The van der Waals surface area contributed by atoms with Crippen LogP contribution < -0.4 is 5.73 Å². The van der Waals surface area contributed by atoms with Gasteiger partial charge in [-0.05, 0) is 43.3 Å². The lowest BCUT2D eigenvalue weighted by molar-refractivity contribution is -0.0845. The zero-order valence-corrected chi connectivity index (χ0v) is 11.5. The van der Waals surface area contributed by atoms with Gasteiger partial charge in [-0.15, -0.1) is 0 Å². The van der Waals surface area contributed by atoms with Crippen molar-refractivity contribution in [2.45, 2.75) is 56.6 Å². The van der Waals surface area contributed by atoms with Crippen LogP contribution in [-0.4, -0.2) is 29.8 Å². The zero-order valence-electron chi connectivity index (χ0n) is 10.7. The van der Waals surface area contributed by atoms with Gasteiger partial charge in [0.1, 0.15) is 0 Å². The Kier molecular flexibility index (Phi) is 3.69. The molecule has 3 atom stereocenters. The molecule has 0 aromatic carbocycles. The van der Waals surface area contributed by atoms with Gasteiger partial charge in [-0.1, -0.05) is 19.3 Å². The Bertz CT molecular complexity index is 261. The highest BCUT2D eigenvalue weighted by Gasteiger charge is 2.42. The molecule has 17 heavy (non-hydrogen) atoms. The third-order valence-electron chi connectivity index (χ3n) is 5.03. The number of hydrogen-bond donors (Lipinski definition) is 1. The molecular weight excluding hydrogens is 230 g/mol. The second-order valence-electron chi connectivity index (χ2n) is 6.28. The Hall–Kier alpha value is 0.270. The first-order valence-corrected chi connectivity index (χ1v) is 8.40. The molecule has 1 saturated carbocycles. The fraction of sp³-hybridized carbons (Fsp3) is 1.00. The maximum atomic E-state index is 6.45. The lowest BCUT2D eigenvalue weighted by Gasteiger charge is -2.41. The third kappa shape index (κ3) is 2.66. The molecule has 1 aliphatic carbocycles. The van der Waals surface area contributed by atoms with Gasteiger partial charge < -0.3 is 10.5 Å². The van der Waals surface area contributed by atoms with E-state index in [9.17, 15) is 0 Å². The maximum absolute atomic E-state index is 6.45. The van der Waals surface area contributed by atoms with Crippen LogP contribution >= 0.6 is 11.8 Å². The molecule has 3 aliphatic rings. The molecule has 2 N–H and O–H groups in total. The number of rotatable bonds is 3. The molecule has 3 heteroatoms. The van der Waals surface area contributed by atoms with E-state index < -0.39 is 0 Å². The second-order valence-corrected chi connectivity index (χ2v) is 7.39. The van der Waals surface area contributed by atoms with E-state index in [0.717, 1.165) is 18.4 Å². The first-order chi connectivity index (χ1) is 8.27. The van der Waals surface area contributed by atoms with E-state index in [1.165, 1.54) is 56.5 Å². The SMILES string of the molecule is NC(CC1CCC1)C1CCOC2(CCSC2)C1. The van der Waals surface area contributed by atoms with Gasteiger partial charge in [0.25, 0.3) is 0 Å². The molecule has 3 rings (SSSR count). The van der Waals surface area contributed by atoms with Crippen LogP contribution in [0, 0.1) is 11.8 Å². The molecule has 0 aromatic heterocycles. The minimum Gasteiger partial charge on any atom is -0.374 e. The molecule has 1 spiro atoms. The lowest BCUT2D eigenvalue weighted by atomic mass is 9.74. The summed E-state index contributed by atoms with van der Waals surface area (Å²) in [6.07, 6.45) is 9.24. The predicted octanol–water partition coefficient (Wildman–Crippen LogP) is 2.81. The van der Waals surface area contributed by atoms with Crippen LogP contribution in [0.15, 0.2) is 0 Å². The monoisotopic (exact) mass is 255 g/mol. The van der Waals surface area contributed by atoms with Gasteiger partial charge in [-0.3, -0.25) is 0 Å². The van der Waals surface area contributed by atoms with Crippen molar-refractivity contribution in [3.63, 3.8) is 0 Å². The fourth-order valence-electron chi connectivity index (χ4n) is 3.60. The van der Waals surface area contributed by atoms with Gasteiger partial charge in [0.05, 0.1) is 5.60 Å². The predicted molar refractivity (Wildman–Crippen MR) is 73.3 cm³/mol. The summed E-state index contributed by atoms with van der Waals surface area (Å²) in [5.74, 6) is 4.16. The van der Waals surface area contributed by atoms with Crippen molar-refractivity contribution in [2.75, 3.05) is 18.1 Å². The lowest BCUT2D eigenvalue weighted by Crippen LogP contribution is -2.46. The number of ether oxygens (including phenoxy) is 1. The van der Waals surface area contributed by atoms with E-state index in [0.29, 0.717) is 6.04 Å². The number of thioether (sulfide) groups is 1. The van der Waals surface area contributed by atoms with Crippen LogP contribution in [-0.2, 0) is 4.74 Å². The molecule has 0 bridgehead atoms. The van der Waals surface area contributed by atoms with Crippen molar-refractivity contribution >= 4 is 11.8 Å². The Morgan fingerprint density at radius 3 is 2.88 bits per heavy atom. The van der Waals surface area contributed by atoms with Crippen molar-refractivity contribution < 1.29 is 4.74 Å². The summed E-state index contributed by atoms with van der Waals surface area (Å²) in [4.78, 5) is 0. The van der Waals surface area contributed by atoms with Crippen LogP contribution in [0.25, 0.3) is 0 Å². The van der Waals surface area contributed by atoms with Crippen LogP contribution in [0.1, 0.15) is 44.9 Å². The molecule has 0 radical (unpaired) electrons. The number of hydrogen-bond acceptors (Lipinski definition) is 3. The average Bonchev–Trinajstić information content (AvgIpc) is 2.71. The van der Waals surface area contributed by atoms with E-state index in [-0.39, 0.29) is 5.60 Å². The van der Waals surface area contributed by atoms with E-state index in [1.54, 1.807) is 0 Å². The Morgan fingerprint density at radius 2 is 2.24 bits per heavy atom. The van der Waals surface area contributed by atoms with Gasteiger partial charge >= 0.3 is 0 Å². The van der Waals surface area contributed by atoms with Crippen LogP contribution in [0.3, 0.4) is 0 Å². The van der Waals surface area contributed by atoms with E-state index in [2.05, 4.69) is 11.8 Å². The van der Waals surface area contributed by atoms with Crippen LogP contribution in [0.2, 0.25) is 0 Å². The summed E-state index contributed by atoms with van der Waals surface area (Å²) in [5.41, 5.74) is 6.66. The Balaban J connectivity index is 1.55. The van der Waals surface area contributed by atoms with Crippen LogP contribution in [0.4, 0.5) is 0 Å². The highest BCUT2D eigenvalue weighted by molar-refractivity contribution is 7.99. The maximum Gasteiger partial charge on any atom is 0.0783 e. The van der Waals surface area contributed by atoms with E-state index in [1.807, 2.05) is 0 Å². The first kappa shape index (κ1) is 12.3. The normalized spacial score (nSPS) is 40.4. The molecule has 0 amide bonds. The topological polar surface area (TPSA) is 35.2 Å². The summed E-state index contributed by atoms with van der Waals surface area (Å²) >= 11 is 2.06. The summed E-state index contributed by atoms with van der Waals surface area (Å²) in [6.45, 7) is 0.948. The van der Waals surface area contributed by atoms with E-state index >= 15 is 0 Å². The van der Waals surface area contributed by atoms with Gasteiger partial charge in [0.15, 0.2) is 0 Å². The van der Waals surface area contributed by atoms with Crippen molar-refractivity contribution in [1.82, 2.24) is 0 Å². The highest BCUT2D eigenvalue weighted by atomic mass is 32.2. The summed E-state index contributed by atoms with van der Waals surface area (Å²) in [7, 11) is 0. The fourth-order valence-corrected chi connectivity index (χ4v) is 4.98. The first-order valence-electron chi connectivity index (χ1n) is 7.25. The van der Waals surface area contributed by atoms with Gasteiger partial charge in [0, 0.05) is 18.4 Å². The minimum atomic E-state index is 0.213. The highest BCUT2D eigenvalue weighted by Crippen LogP contribution is 2.42. The molecule has 2 heterocycles. The zero-order chi connectivity index (χ0) is 11.7. The van der Waals surface area contributed by atoms with Gasteiger partial charge in [0.2, 0.25) is 0 Å². The molecule has 3 fully saturated rings. The average molecular weight is 255 g/mol. The summed E-state index contributed by atoms with van der Waals surface area (Å²) in [5, 5.41) is 0. The Morgan fingerprint density at radius 1 is 1.35 bits per heavy atom. The van der Waals surface area contributed by atoms with Crippen molar-refractivity contribution in [1.29, 1.82) is 0 Å². The molecule has 0 aromatic rings. The summed E-state index contributed by atoms with van der Waals surface area (Å²) in [6, 6.07) is 0.437. The standard InChI is InChI=1S/C14H25NOS/c15-13(8-11-2-1-3-11)12-4-6-16-14(9-12)5-7-17-10-14/h11-13H,1-10,15H2.